The number of aliphatic hydroxyl groups excluding tert-OH is 1. The molecular formula is C11H16ClNO4S. The fraction of sp³-hybridized carbons (Fsp3) is 0.455. The van der Waals surface area contributed by atoms with E-state index in [-0.39, 0.29) is 0 Å². The van der Waals surface area contributed by atoms with Crippen LogP contribution in [0.15, 0.2) is 24.3 Å². The zero-order chi connectivity index (χ0) is 13.8. The van der Waals surface area contributed by atoms with Crippen molar-refractivity contribution in [3.8, 4) is 0 Å². The third kappa shape index (κ3) is 4.55. The van der Waals surface area contributed by atoms with E-state index in [0.29, 0.717) is 23.4 Å². The van der Waals surface area contributed by atoms with E-state index >= 15 is 0 Å². The predicted molar refractivity (Wildman–Crippen MR) is 69.3 cm³/mol. The van der Waals surface area contributed by atoms with E-state index in [4.69, 9.17) is 20.9 Å². The minimum absolute atomic E-state index is 0.350. The van der Waals surface area contributed by atoms with Gasteiger partial charge in [-0.1, -0.05) is 43.1 Å². The Kier molecular flexibility index (Phi) is 5.55. The van der Waals surface area contributed by atoms with Crippen LogP contribution in [0.4, 0.5) is 0 Å². The number of hydrogen-bond acceptors (Lipinski definition) is 4. The van der Waals surface area contributed by atoms with Crippen LogP contribution in [-0.4, -0.2) is 19.6 Å². The smallest absolute Gasteiger partial charge is 0.333 e. The monoisotopic (exact) mass is 293 g/mol. The molecule has 0 amide bonds. The molecule has 0 aliphatic carbocycles. The van der Waals surface area contributed by atoms with Crippen molar-refractivity contribution < 1.29 is 17.7 Å². The maximum atomic E-state index is 10.9. The summed E-state index contributed by atoms with van der Waals surface area (Å²) in [4.78, 5) is 0. The molecular weight excluding hydrogens is 278 g/mol. The maximum absolute atomic E-state index is 10.9. The molecule has 0 saturated carbocycles. The zero-order valence-electron chi connectivity index (χ0n) is 9.91. The number of aliphatic hydroxyl groups is 1. The molecule has 0 spiro atoms. The Labute approximate surface area is 112 Å². The van der Waals surface area contributed by atoms with Gasteiger partial charge in [0.25, 0.3) is 0 Å². The molecule has 0 fully saturated rings. The Morgan fingerprint density at radius 3 is 2.56 bits per heavy atom. The second-order valence-electron chi connectivity index (χ2n) is 3.88. The summed E-state index contributed by atoms with van der Waals surface area (Å²) >= 11 is 5.94. The van der Waals surface area contributed by atoms with Crippen LogP contribution in [-0.2, 0) is 14.5 Å². The minimum Gasteiger partial charge on any atom is -0.386 e. The molecule has 1 aromatic carbocycles. The Balaban J connectivity index is 2.96. The van der Waals surface area contributed by atoms with Crippen molar-refractivity contribution >= 4 is 21.9 Å². The number of halogens is 1. The van der Waals surface area contributed by atoms with Gasteiger partial charge in [-0.25, -0.2) is 5.14 Å². The van der Waals surface area contributed by atoms with Crippen LogP contribution in [0.25, 0.3) is 0 Å². The summed E-state index contributed by atoms with van der Waals surface area (Å²) in [6, 6.07) is 6.64. The van der Waals surface area contributed by atoms with Crippen LogP contribution in [0.3, 0.4) is 0 Å². The highest BCUT2D eigenvalue weighted by Crippen LogP contribution is 2.28. The first kappa shape index (κ1) is 15.4. The van der Waals surface area contributed by atoms with Gasteiger partial charge in [-0.2, -0.15) is 8.42 Å². The molecule has 102 valence electrons. The molecule has 7 heteroatoms. The Hall–Kier alpha value is -0.660. The number of nitrogens with two attached hydrogens (primary N) is 1. The van der Waals surface area contributed by atoms with E-state index < -0.39 is 22.5 Å². The summed E-state index contributed by atoms with van der Waals surface area (Å²) in [6.45, 7) is 1.85. The Morgan fingerprint density at radius 1 is 1.44 bits per heavy atom. The lowest BCUT2D eigenvalue weighted by Crippen LogP contribution is -2.29. The van der Waals surface area contributed by atoms with Gasteiger partial charge in [-0.15, -0.1) is 0 Å². The molecule has 0 bridgehead atoms. The van der Waals surface area contributed by atoms with E-state index in [1.807, 2.05) is 6.92 Å². The highest BCUT2D eigenvalue weighted by molar-refractivity contribution is 7.84. The van der Waals surface area contributed by atoms with Crippen molar-refractivity contribution in [1.29, 1.82) is 0 Å². The normalized spacial score (nSPS) is 15.3. The van der Waals surface area contributed by atoms with Crippen LogP contribution in [0, 0.1) is 0 Å². The fourth-order valence-corrected chi connectivity index (χ4v) is 2.42. The van der Waals surface area contributed by atoms with Crippen LogP contribution < -0.4 is 5.14 Å². The van der Waals surface area contributed by atoms with Gasteiger partial charge in [0.1, 0.15) is 12.2 Å². The van der Waals surface area contributed by atoms with E-state index in [0.717, 1.165) is 0 Å². The first-order chi connectivity index (χ1) is 8.35. The van der Waals surface area contributed by atoms with E-state index in [9.17, 15) is 13.5 Å². The van der Waals surface area contributed by atoms with Gasteiger partial charge in [-0.3, -0.25) is 4.18 Å². The summed E-state index contributed by atoms with van der Waals surface area (Å²) < 4.78 is 26.6. The first-order valence-corrected chi connectivity index (χ1v) is 7.33. The summed E-state index contributed by atoms with van der Waals surface area (Å²) in [5.41, 5.74) is 0.418. The van der Waals surface area contributed by atoms with Crippen molar-refractivity contribution in [3.05, 3.63) is 34.9 Å². The van der Waals surface area contributed by atoms with Gasteiger partial charge in [0.05, 0.1) is 0 Å². The third-order valence-electron chi connectivity index (χ3n) is 2.41. The Bertz CT molecular complexity index is 492. The molecule has 0 heterocycles. The SMILES string of the molecule is CCC[C@H](OS(N)(=O)=O)[C@@H](O)c1ccccc1Cl. The minimum atomic E-state index is -4.11. The molecule has 0 aliphatic heterocycles. The van der Waals surface area contributed by atoms with Gasteiger partial charge in [0, 0.05) is 10.6 Å². The second kappa shape index (κ2) is 6.49. The summed E-state index contributed by atoms with van der Waals surface area (Å²) in [7, 11) is -4.11. The van der Waals surface area contributed by atoms with Crippen molar-refractivity contribution in [2.75, 3.05) is 0 Å². The highest BCUT2D eigenvalue weighted by atomic mass is 35.5. The van der Waals surface area contributed by atoms with Crippen LogP contribution >= 0.6 is 11.6 Å². The quantitative estimate of drug-likeness (QED) is 0.836. The molecule has 0 aromatic heterocycles. The van der Waals surface area contributed by atoms with Crippen LogP contribution in [0.2, 0.25) is 5.02 Å². The van der Waals surface area contributed by atoms with Crippen molar-refractivity contribution in [2.45, 2.75) is 32.0 Å². The standard InChI is InChI=1S/C11H16ClNO4S/c1-2-5-10(17-18(13,15)16)11(14)8-6-3-4-7-9(8)12/h3-4,6-7,10-11,14H,2,5H2,1H3,(H2,13,15,16)/t10-,11-/m0/s1. The topological polar surface area (TPSA) is 89.6 Å². The van der Waals surface area contributed by atoms with Crippen molar-refractivity contribution in [1.82, 2.24) is 0 Å². The van der Waals surface area contributed by atoms with Gasteiger partial charge in [0.15, 0.2) is 0 Å². The highest BCUT2D eigenvalue weighted by Gasteiger charge is 2.26. The predicted octanol–water partition coefficient (Wildman–Crippen LogP) is 1.76. The number of hydrogen-bond donors (Lipinski definition) is 2. The van der Waals surface area contributed by atoms with Crippen molar-refractivity contribution in [2.24, 2.45) is 5.14 Å². The lowest BCUT2D eigenvalue weighted by atomic mass is 10.0. The van der Waals surface area contributed by atoms with E-state index in [2.05, 4.69) is 0 Å². The van der Waals surface area contributed by atoms with Gasteiger partial charge < -0.3 is 5.11 Å². The van der Waals surface area contributed by atoms with E-state index in [1.165, 1.54) is 0 Å². The molecule has 0 unspecified atom stereocenters. The van der Waals surface area contributed by atoms with Gasteiger partial charge in [-0.05, 0) is 12.5 Å². The molecule has 1 aromatic rings. The zero-order valence-corrected chi connectivity index (χ0v) is 11.5. The third-order valence-corrected chi connectivity index (χ3v) is 3.27. The van der Waals surface area contributed by atoms with Crippen LogP contribution in [0.5, 0.6) is 0 Å². The molecule has 5 nitrogen and oxygen atoms in total. The fourth-order valence-electron chi connectivity index (χ4n) is 1.63. The summed E-state index contributed by atoms with van der Waals surface area (Å²) in [5, 5.41) is 15.3. The first-order valence-electron chi connectivity index (χ1n) is 5.48. The lowest BCUT2D eigenvalue weighted by Gasteiger charge is -2.22. The lowest BCUT2D eigenvalue weighted by molar-refractivity contribution is 0.0340. The molecule has 0 radical (unpaired) electrons. The molecule has 2 atom stereocenters. The molecule has 18 heavy (non-hydrogen) atoms. The molecule has 3 N–H and O–H groups in total. The molecule has 0 saturated heterocycles. The second-order valence-corrected chi connectivity index (χ2v) is 5.47. The van der Waals surface area contributed by atoms with Gasteiger partial charge >= 0.3 is 10.3 Å². The largest absolute Gasteiger partial charge is 0.386 e. The number of benzene rings is 1. The average molecular weight is 294 g/mol. The maximum Gasteiger partial charge on any atom is 0.333 e. The average Bonchev–Trinajstić information content (AvgIpc) is 2.26. The number of rotatable bonds is 6. The summed E-state index contributed by atoms with van der Waals surface area (Å²) in [6.07, 6.45) is -1.09. The molecule has 0 aliphatic rings. The Morgan fingerprint density at radius 2 is 2.06 bits per heavy atom. The van der Waals surface area contributed by atoms with Crippen molar-refractivity contribution in [3.63, 3.8) is 0 Å². The van der Waals surface area contributed by atoms with Crippen LogP contribution in [0.1, 0.15) is 31.4 Å². The van der Waals surface area contributed by atoms with E-state index in [1.54, 1.807) is 24.3 Å². The van der Waals surface area contributed by atoms with Gasteiger partial charge in [0.2, 0.25) is 0 Å². The summed E-state index contributed by atoms with van der Waals surface area (Å²) in [5.74, 6) is 0. The molecule has 1 rings (SSSR count).